The van der Waals surface area contributed by atoms with Crippen LogP contribution in [0.5, 0.6) is 23.0 Å². The van der Waals surface area contributed by atoms with Crippen LogP contribution in [0.1, 0.15) is 110 Å². The number of anilines is 1. The minimum absolute atomic E-state index is 0.00665. The number of Topliss-reactive ketones (excluding diaryl/α,β-unsaturated/α-hetero) is 3. The van der Waals surface area contributed by atoms with Gasteiger partial charge in [-0.2, -0.15) is 9.98 Å². The number of aliphatic imine (C=N–C) groups is 3. The lowest BCUT2D eigenvalue weighted by atomic mass is 9.89. The molecule has 1 aliphatic rings. The van der Waals surface area contributed by atoms with Gasteiger partial charge in [-0.3, -0.25) is 29.0 Å². The molecule has 118 heavy (non-hydrogen) atoms. The molecule has 0 radical (unpaired) electrons. The Balaban J connectivity index is 0.000000217. The summed E-state index contributed by atoms with van der Waals surface area (Å²) in [4.78, 5) is 74.3. The Morgan fingerprint density at radius 1 is 0.441 bits per heavy atom. The zero-order valence-corrected chi connectivity index (χ0v) is 69.0. The van der Waals surface area contributed by atoms with Gasteiger partial charge in [-0.05, 0) is 214 Å². The van der Waals surface area contributed by atoms with Crippen molar-refractivity contribution in [1.29, 1.82) is 0 Å². The van der Waals surface area contributed by atoms with Gasteiger partial charge in [0, 0.05) is 32.0 Å². The number of pyridine rings is 1. The average Bonchev–Trinajstić information content (AvgIpc) is 1.62. The molecule has 0 bridgehead atoms. The quantitative estimate of drug-likeness (QED) is 0.00985. The summed E-state index contributed by atoms with van der Waals surface area (Å²) in [5.41, 5.74) is 40.2. The van der Waals surface area contributed by atoms with Crippen LogP contribution in [0.25, 0.3) is 0 Å². The average molecular weight is 1670 g/mol. The molecule has 10 rings (SSSR count). The second-order valence-electron chi connectivity index (χ2n) is 27.2. The molecule has 0 saturated carbocycles. The Kier molecular flexibility index (Phi) is 37.1. The van der Waals surface area contributed by atoms with Gasteiger partial charge in [-0.15, -0.1) is 0 Å². The highest BCUT2D eigenvalue weighted by atomic mass is 32.2. The van der Waals surface area contributed by atoms with Gasteiger partial charge in [0.15, 0.2) is 17.9 Å². The predicted molar refractivity (Wildman–Crippen MR) is 457 cm³/mol. The van der Waals surface area contributed by atoms with E-state index in [-0.39, 0.29) is 82.0 Å². The molecular formula is C86H104N14O15S3. The molecule has 4 atom stereocenters. The molecule has 1 heterocycles. The highest BCUT2D eigenvalue weighted by Crippen LogP contribution is 2.35. The van der Waals surface area contributed by atoms with Gasteiger partial charge in [0.25, 0.3) is 0 Å². The number of aromatic nitrogens is 1. The van der Waals surface area contributed by atoms with Crippen LogP contribution >= 0.6 is 0 Å². The van der Waals surface area contributed by atoms with Gasteiger partial charge in [0.1, 0.15) is 52.8 Å². The lowest BCUT2D eigenvalue weighted by Crippen LogP contribution is -2.41. The maximum absolute atomic E-state index is 12.5. The molecule has 1 unspecified atom stereocenters. The second-order valence-corrected chi connectivity index (χ2v) is 32.4. The molecule has 32 heteroatoms. The minimum atomic E-state index is -3.81. The predicted octanol–water partition coefficient (Wildman–Crippen LogP) is 8.45. The molecule has 0 fully saturated rings. The standard InChI is InChI=1S/C25H28N2O.2C21H26N4O5S.C19H24N4O4S/c1-3-18-15-19-11-12-23(17-21(19)16-20-7-4-5-9-24(18)20)28-14-13-22-8-6-10-25(26-2)27-22;2*1-15(26)19(25-31(28,29)18-6-3-2-4-7-18)14-16-9-11-17(12-10-16)30-13-5-8-20(27)24-21(22)23;1-14(24)18(23-28(25,26)17-5-3-2-4-6-17)13-15-7-9-16(10-8-15)27-12-11-22-19(20)21/h4-12,17-18H,3,13-16H2,1-2H3,(H,26,27);2*2-4,6-7,9-12,19,25H,5,8,13-14H2,1H3,(H4,22,23,24,27);2-10,18,23H,11-13H2,1H3,(H4,20,21,22)/t;2*19-;18-/m.000/s1. The first-order valence-corrected chi connectivity index (χ1v) is 42.5. The van der Waals surface area contributed by atoms with E-state index < -0.39 is 60.0 Å². The third-order valence-electron chi connectivity index (χ3n) is 18.1. The zero-order chi connectivity index (χ0) is 85.6. The Hall–Kier alpha value is -12.2. The molecule has 8 aromatic carbocycles. The normalized spacial score (nSPS) is 12.8. The fourth-order valence-corrected chi connectivity index (χ4v) is 15.8. The topological polar surface area (TPSA) is 479 Å². The van der Waals surface area contributed by atoms with Crippen LogP contribution in [0.2, 0.25) is 0 Å². The second kappa shape index (κ2) is 47.1. The summed E-state index contributed by atoms with van der Waals surface area (Å²) in [6, 6.07) is 63.6. The Morgan fingerprint density at radius 3 is 1.22 bits per heavy atom. The van der Waals surface area contributed by atoms with E-state index in [1.807, 2.05) is 25.2 Å². The van der Waals surface area contributed by atoms with Gasteiger partial charge < -0.3 is 58.7 Å². The SMILES string of the molecule is CC(=O)[C@H](Cc1ccc(OCCCC(=O)N=C(N)N)cc1)NS(=O)(=O)c1ccccc1.CC(=O)[C@H](Cc1ccc(OCCCC(=O)N=C(N)N)cc1)NS(=O)(=O)c1ccccc1.CC(=O)[C@H](Cc1ccc(OCCN=C(N)N)cc1)NS(=O)(=O)c1ccccc1.CCC1Cc2ccc(OCCc3cccc(NC)n3)cc2Cc2ccccc21. The summed E-state index contributed by atoms with van der Waals surface area (Å²) in [5, 5.41) is 3.08. The van der Waals surface area contributed by atoms with Crippen molar-refractivity contribution < 1.29 is 68.2 Å². The van der Waals surface area contributed by atoms with Crippen molar-refractivity contribution >= 4 is 82.9 Å². The Bertz CT molecular complexity index is 5030. The van der Waals surface area contributed by atoms with Gasteiger partial charge >= 0.3 is 0 Å². The first-order valence-electron chi connectivity index (χ1n) is 38.0. The van der Waals surface area contributed by atoms with Crippen LogP contribution in [0.15, 0.2) is 254 Å². The number of hydrogen-bond donors (Lipinski definition) is 10. The fraction of sp³-hybridized carbons (Fsp3) is 0.291. The van der Waals surface area contributed by atoms with Crippen LogP contribution in [0.4, 0.5) is 5.82 Å². The summed E-state index contributed by atoms with van der Waals surface area (Å²) in [6.07, 6.45) is 5.94. The number of sulfonamides is 3. The number of carbonyl (C=O) groups is 5. The molecule has 2 amide bonds. The highest BCUT2D eigenvalue weighted by molar-refractivity contribution is 7.90. The summed E-state index contributed by atoms with van der Waals surface area (Å²) in [7, 11) is -9.52. The number of amides is 2. The van der Waals surface area contributed by atoms with Crippen molar-refractivity contribution in [2.45, 2.75) is 137 Å². The van der Waals surface area contributed by atoms with E-state index in [2.05, 4.69) is 88.8 Å². The summed E-state index contributed by atoms with van der Waals surface area (Å²) < 4.78 is 105. The van der Waals surface area contributed by atoms with Gasteiger partial charge in [-0.1, -0.05) is 134 Å². The molecule has 0 aliphatic heterocycles. The van der Waals surface area contributed by atoms with Crippen LogP contribution in [-0.4, -0.2) is 135 Å². The van der Waals surface area contributed by atoms with E-state index in [1.165, 1.54) is 85.8 Å². The third kappa shape index (κ3) is 32.5. The number of hydrogen-bond acceptors (Lipinski definition) is 18. The van der Waals surface area contributed by atoms with E-state index in [9.17, 15) is 49.2 Å². The number of nitrogens with one attached hydrogen (secondary N) is 4. The van der Waals surface area contributed by atoms with E-state index in [1.54, 1.807) is 127 Å². The minimum Gasteiger partial charge on any atom is -0.494 e. The first kappa shape index (κ1) is 93.0. The maximum atomic E-state index is 12.5. The number of ether oxygens (including phenoxy) is 4. The molecule has 16 N–H and O–H groups in total. The van der Waals surface area contributed by atoms with Gasteiger partial charge in [-0.25, -0.2) is 44.4 Å². The molecule has 1 aromatic heterocycles. The van der Waals surface area contributed by atoms with Crippen molar-refractivity contribution in [2.75, 3.05) is 45.3 Å². The molecule has 1 aliphatic carbocycles. The molecule has 626 valence electrons. The lowest BCUT2D eigenvalue weighted by Gasteiger charge is -2.16. The lowest BCUT2D eigenvalue weighted by molar-refractivity contribution is -0.119. The summed E-state index contributed by atoms with van der Waals surface area (Å²) in [6.45, 7) is 8.25. The van der Waals surface area contributed by atoms with E-state index in [0.29, 0.717) is 69.0 Å². The van der Waals surface area contributed by atoms with Crippen LogP contribution < -0.4 is 72.8 Å². The molecule has 0 spiro atoms. The Labute approximate surface area is 690 Å². The van der Waals surface area contributed by atoms with E-state index >= 15 is 0 Å². The van der Waals surface area contributed by atoms with Crippen LogP contribution in [0, 0.1) is 0 Å². The zero-order valence-electron chi connectivity index (χ0n) is 66.6. The first-order chi connectivity index (χ1) is 56.4. The van der Waals surface area contributed by atoms with E-state index in [0.717, 1.165) is 53.2 Å². The van der Waals surface area contributed by atoms with Crippen molar-refractivity contribution in [1.82, 2.24) is 19.2 Å². The molecular weight excluding hydrogens is 1570 g/mol. The number of guanidine groups is 3. The number of nitrogens with two attached hydrogens (primary N) is 6. The Morgan fingerprint density at radius 2 is 0.831 bits per heavy atom. The van der Waals surface area contributed by atoms with Crippen molar-refractivity contribution in [3.63, 3.8) is 0 Å². The van der Waals surface area contributed by atoms with Crippen molar-refractivity contribution in [3.8, 4) is 23.0 Å². The number of rotatable bonds is 38. The molecule has 0 saturated heterocycles. The summed E-state index contributed by atoms with van der Waals surface area (Å²) in [5.74, 6) is 2.06. The van der Waals surface area contributed by atoms with Crippen LogP contribution in [0.3, 0.4) is 0 Å². The summed E-state index contributed by atoms with van der Waals surface area (Å²) >= 11 is 0. The third-order valence-corrected chi connectivity index (χ3v) is 22.5. The largest absolute Gasteiger partial charge is 0.494 e. The maximum Gasteiger partial charge on any atom is 0.248 e. The number of benzene rings is 8. The van der Waals surface area contributed by atoms with E-state index in [4.69, 9.17) is 53.3 Å². The van der Waals surface area contributed by atoms with Crippen molar-refractivity contribution in [3.05, 3.63) is 269 Å². The number of carbonyl (C=O) groups excluding carboxylic acids is 5. The monoisotopic (exact) mass is 1670 g/mol. The smallest absolute Gasteiger partial charge is 0.248 e. The highest BCUT2D eigenvalue weighted by Gasteiger charge is 2.28. The number of fused-ring (bicyclic) bond motifs is 2. The number of ketones is 3. The van der Waals surface area contributed by atoms with Crippen LogP contribution in [-0.2, 0) is 92.6 Å². The number of nitrogens with zero attached hydrogens (tertiary/aromatic N) is 4. The molecule has 29 nitrogen and oxygen atoms in total. The van der Waals surface area contributed by atoms with Gasteiger partial charge in [0.2, 0.25) is 41.9 Å². The van der Waals surface area contributed by atoms with Gasteiger partial charge in [0.05, 0.1) is 59.2 Å². The molecule has 9 aromatic rings. The van der Waals surface area contributed by atoms with Crippen molar-refractivity contribution in [2.24, 2.45) is 49.4 Å². The fourth-order valence-electron chi connectivity index (χ4n) is 11.9.